The average Bonchev–Trinajstić information content (AvgIpc) is 3.08. The Kier molecular flexibility index (Phi) is 4.23. The third-order valence-corrected chi connectivity index (χ3v) is 6.64. The van der Waals surface area contributed by atoms with Crippen LogP contribution in [0.15, 0.2) is 42.2 Å². The van der Waals surface area contributed by atoms with Crippen LogP contribution in [0.4, 0.5) is 0 Å². The number of aliphatic hydroxyl groups is 1. The van der Waals surface area contributed by atoms with Crippen LogP contribution in [-0.4, -0.2) is 66.5 Å². The van der Waals surface area contributed by atoms with Crippen molar-refractivity contribution in [2.45, 2.75) is 37.2 Å². The van der Waals surface area contributed by atoms with E-state index < -0.39 is 34.4 Å². The molecule has 4 aliphatic rings. The lowest BCUT2D eigenvalue weighted by molar-refractivity contribution is -0.0972. The van der Waals surface area contributed by atoms with Gasteiger partial charge >= 0.3 is 5.97 Å². The predicted octanol–water partition coefficient (Wildman–Crippen LogP) is 1.39. The van der Waals surface area contributed by atoms with E-state index in [0.717, 1.165) is 17.2 Å². The van der Waals surface area contributed by atoms with Gasteiger partial charge in [-0.2, -0.15) is 8.42 Å². The van der Waals surface area contributed by atoms with Gasteiger partial charge in [0.1, 0.15) is 12.2 Å². The van der Waals surface area contributed by atoms with Gasteiger partial charge in [-0.25, -0.2) is 4.79 Å². The highest BCUT2D eigenvalue weighted by atomic mass is 32.2. The molecule has 0 spiro atoms. The first-order valence-corrected chi connectivity index (χ1v) is 11.4. The van der Waals surface area contributed by atoms with Crippen LogP contribution in [0.1, 0.15) is 23.2 Å². The largest absolute Gasteiger partial charge is 0.454 e. The van der Waals surface area contributed by atoms with E-state index in [2.05, 4.69) is 4.98 Å². The normalized spacial score (nSPS) is 31.0. The molecule has 8 nitrogen and oxygen atoms in total. The number of nitrogens with zero attached hydrogens (tertiary/aromatic N) is 1. The van der Waals surface area contributed by atoms with Gasteiger partial charge in [-0.1, -0.05) is 18.2 Å². The van der Waals surface area contributed by atoms with Gasteiger partial charge in [0.2, 0.25) is 0 Å². The number of hydrogen-bond donors (Lipinski definition) is 2. The Morgan fingerprint density at radius 2 is 2.07 bits per heavy atom. The van der Waals surface area contributed by atoms with Crippen LogP contribution in [0.3, 0.4) is 0 Å². The van der Waals surface area contributed by atoms with Gasteiger partial charge in [-0.3, -0.25) is 4.18 Å². The number of carbonyl (C=O) groups is 1. The fourth-order valence-electron chi connectivity index (χ4n) is 4.88. The second kappa shape index (κ2) is 6.58. The molecule has 2 N–H and O–H groups in total. The lowest BCUT2D eigenvalue weighted by Crippen LogP contribution is -2.63. The highest BCUT2D eigenvalue weighted by molar-refractivity contribution is 7.86. The van der Waals surface area contributed by atoms with Crippen LogP contribution in [-0.2, 0) is 19.0 Å². The van der Waals surface area contributed by atoms with Crippen LogP contribution >= 0.6 is 0 Å². The second-order valence-corrected chi connectivity index (χ2v) is 9.61. The maximum absolute atomic E-state index is 12.8. The molecule has 1 aromatic carbocycles. The Hall–Kier alpha value is -2.36. The summed E-state index contributed by atoms with van der Waals surface area (Å²) in [4.78, 5) is 17.8. The van der Waals surface area contributed by atoms with Crippen LogP contribution in [0.25, 0.3) is 10.9 Å². The Balaban J connectivity index is 1.42. The highest BCUT2D eigenvalue weighted by Gasteiger charge is 2.52. The SMILES string of the molecule is CS(=O)(=O)OC1C2=CC(OC(=O)c3c[nH]c4ccccc34)CC3CC1C(O)CN23. The minimum Gasteiger partial charge on any atom is -0.454 e. The van der Waals surface area contributed by atoms with Crippen molar-refractivity contribution in [3.05, 3.63) is 47.8 Å². The third-order valence-electron chi connectivity index (χ3n) is 6.08. The van der Waals surface area contributed by atoms with Crippen LogP contribution < -0.4 is 0 Å². The molecule has 4 bridgehead atoms. The Morgan fingerprint density at radius 3 is 2.86 bits per heavy atom. The van der Waals surface area contributed by atoms with Crippen LogP contribution in [0.5, 0.6) is 0 Å². The molecule has 3 saturated heterocycles. The standard InChI is InChI=1S/C20H22N2O6S/c1-29(25,26)28-19-14-7-11-6-12(8-17(19)22(11)10-18(14)23)27-20(24)15-9-21-16-5-3-2-4-13(15)16/h2-5,8-9,11-12,14,18-19,21,23H,6-7,10H2,1H3. The van der Waals surface area contributed by atoms with E-state index >= 15 is 0 Å². The summed E-state index contributed by atoms with van der Waals surface area (Å²) in [6.45, 7) is 0.438. The Labute approximate surface area is 168 Å². The van der Waals surface area contributed by atoms with E-state index in [9.17, 15) is 18.3 Å². The van der Waals surface area contributed by atoms with E-state index in [1.807, 2.05) is 29.2 Å². The first-order chi connectivity index (χ1) is 13.8. The molecule has 29 heavy (non-hydrogen) atoms. The van der Waals surface area contributed by atoms with Crippen molar-refractivity contribution in [3.8, 4) is 0 Å². The van der Waals surface area contributed by atoms with Crippen molar-refractivity contribution in [2.24, 2.45) is 5.92 Å². The molecule has 0 radical (unpaired) electrons. The zero-order chi connectivity index (χ0) is 20.3. The topological polar surface area (TPSA) is 109 Å². The highest BCUT2D eigenvalue weighted by Crippen LogP contribution is 2.45. The number of rotatable bonds is 4. The molecule has 3 fully saturated rings. The van der Waals surface area contributed by atoms with E-state index in [4.69, 9.17) is 8.92 Å². The molecule has 0 saturated carbocycles. The average molecular weight is 418 g/mol. The van der Waals surface area contributed by atoms with Gasteiger partial charge in [-0.15, -0.1) is 0 Å². The number of esters is 1. The maximum Gasteiger partial charge on any atom is 0.340 e. The first kappa shape index (κ1) is 18.7. The van der Waals surface area contributed by atoms with Crippen molar-refractivity contribution >= 4 is 27.0 Å². The number of para-hydroxylation sites is 1. The van der Waals surface area contributed by atoms with Crippen molar-refractivity contribution in [2.75, 3.05) is 12.8 Å². The zero-order valence-electron chi connectivity index (χ0n) is 15.8. The molecule has 5 heterocycles. The van der Waals surface area contributed by atoms with E-state index in [0.29, 0.717) is 30.6 Å². The number of benzene rings is 1. The molecule has 5 atom stereocenters. The minimum absolute atomic E-state index is 0.0866. The van der Waals surface area contributed by atoms with Crippen molar-refractivity contribution in [1.82, 2.24) is 9.88 Å². The zero-order valence-corrected chi connectivity index (χ0v) is 16.6. The summed E-state index contributed by atoms with van der Waals surface area (Å²) in [5, 5.41) is 11.1. The van der Waals surface area contributed by atoms with Crippen LogP contribution in [0, 0.1) is 5.92 Å². The molecule has 0 aliphatic carbocycles. The fraction of sp³-hybridized carbons (Fsp3) is 0.450. The molecule has 0 amide bonds. The molecule has 6 rings (SSSR count). The fourth-order valence-corrected chi connectivity index (χ4v) is 5.50. The molecular weight excluding hydrogens is 396 g/mol. The monoisotopic (exact) mass is 418 g/mol. The van der Waals surface area contributed by atoms with E-state index in [1.54, 1.807) is 12.3 Å². The lowest BCUT2D eigenvalue weighted by atomic mass is 9.73. The number of piperidine rings is 3. The molecule has 2 aromatic rings. The summed E-state index contributed by atoms with van der Waals surface area (Å²) >= 11 is 0. The number of fused-ring (bicyclic) bond motifs is 2. The first-order valence-electron chi connectivity index (χ1n) is 9.62. The number of aromatic nitrogens is 1. The van der Waals surface area contributed by atoms with Crippen molar-refractivity contribution < 1.29 is 27.2 Å². The molecule has 9 heteroatoms. The molecule has 154 valence electrons. The number of ether oxygens (including phenoxy) is 1. The quantitative estimate of drug-likeness (QED) is 0.570. The number of aliphatic hydroxyl groups excluding tert-OH is 1. The third kappa shape index (κ3) is 3.23. The summed E-state index contributed by atoms with van der Waals surface area (Å²) in [5.41, 5.74) is 2.01. The summed E-state index contributed by atoms with van der Waals surface area (Å²) in [5.74, 6) is -0.707. The van der Waals surface area contributed by atoms with Gasteiger partial charge in [0.25, 0.3) is 10.1 Å². The maximum atomic E-state index is 12.8. The van der Waals surface area contributed by atoms with Crippen LogP contribution in [0.2, 0.25) is 0 Å². The predicted molar refractivity (Wildman–Crippen MR) is 105 cm³/mol. The molecule has 5 unspecified atom stereocenters. The smallest absolute Gasteiger partial charge is 0.340 e. The number of H-pyrrole nitrogens is 1. The summed E-state index contributed by atoms with van der Waals surface area (Å²) in [6, 6.07) is 7.59. The Bertz CT molecular complexity index is 1110. The van der Waals surface area contributed by atoms with Crippen molar-refractivity contribution in [1.29, 1.82) is 0 Å². The molecular formula is C20H22N2O6S. The van der Waals surface area contributed by atoms with Gasteiger partial charge in [0, 0.05) is 47.7 Å². The minimum atomic E-state index is -3.70. The van der Waals surface area contributed by atoms with E-state index in [1.165, 1.54) is 0 Å². The number of hydrogen-bond acceptors (Lipinski definition) is 7. The second-order valence-electron chi connectivity index (χ2n) is 8.01. The van der Waals surface area contributed by atoms with Gasteiger partial charge in [-0.05, 0) is 18.6 Å². The van der Waals surface area contributed by atoms with Crippen molar-refractivity contribution in [3.63, 3.8) is 0 Å². The number of aromatic amines is 1. The lowest BCUT2D eigenvalue weighted by Gasteiger charge is -2.56. The summed E-state index contributed by atoms with van der Waals surface area (Å²) in [7, 11) is -3.70. The Morgan fingerprint density at radius 1 is 1.28 bits per heavy atom. The molecule has 1 aromatic heterocycles. The van der Waals surface area contributed by atoms with Gasteiger partial charge in [0.05, 0.1) is 17.9 Å². The number of nitrogens with one attached hydrogen (secondary N) is 1. The summed E-state index contributed by atoms with van der Waals surface area (Å²) in [6.07, 6.45) is 3.76. The van der Waals surface area contributed by atoms with E-state index in [-0.39, 0.29) is 12.0 Å². The number of carbonyl (C=O) groups excluding carboxylic acids is 1. The van der Waals surface area contributed by atoms with Gasteiger partial charge in [0.15, 0.2) is 0 Å². The van der Waals surface area contributed by atoms with Gasteiger partial charge < -0.3 is 19.7 Å². The summed E-state index contributed by atoms with van der Waals surface area (Å²) < 4.78 is 34.6. The molecule has 4 aliphatic heterocycles.